The molecule has 0 fully saturated rings. The van der Waals surface area contributed by atoms with E-state index in [4.69, 9.17) is 9.97 Å². The minimum absolute atomic E-state index is 0.0332. The van der Waals surface area contributed by atoms with Crippen LogP contribution in [-0.4, -0.2) is 9.97 Å². The summed E-state index contributed by atoms with van der Waals surface area (Å²) in [6, 6.07) is 65.7. The van der Waals surface area contributed by atoms with Gasteiger partial charge in [-0.25, -0.2) is 4.39 Å². The predicted octanol–water partition coefficient (Wildman–Crippen LogP) is 16.5. The van der Waals surface area contributed by atoms with Gasteiger partial charge < -0.3 is 0 Å². The van der Waals surface area contributed by atoms with Gasteiger partial charge in [-0.05, 0) is 143 Å². The second-order valence-corrected chi connectivity index (χ2v) is 18.5. The zero-order valence-corrected chi connectivity index (χ0v) is 36.8. The van der Waals surface area contributed by atoms with Gasteiger partial charge in [-0.1, -0.05) is 175 Å². The number of hydrogen-bond acceptors (Lipinski definition) is 2. The van der Waals surface area contributed by atoms with E-state index in [2.05, 4.69) is 205 Å². The molecular weight excluding hydrogens is 768 g/mol. The molecule has 9 rings (SSSR count). The van der Waals surface area contributed by atoms with Crippen molar-refractivity contribution < 1.29 is 4.39 Å². The molecule has 3 heteroatoms. The van der Waals surface area contributed by atoms with Crippen LogP contribution in [0.25, 0.3) is 89.3 Å². The lowest BCUT2D eigenvalue weighted by atomic mass is 9.85. The second kappa shape index (κ2) is 16.9. The van der Waals surface area contributed by atoms with Crippen molar-refractivity contribution in [2.24, 2.45) is 0 Å². The van der Waals surface area contributed by atoms with Crippen molar-refractivity contribution in [3.05, 3.63) is 217 Å². The topological polar surface area (TPSA) is 25.8 Å². The van der Waals surface area contributed by atoms with E-state index in [-0.39, 0.29) is 16.6 Å². The van der Waals surface area contributed by atoms with Crippen LogP contribution in [0.2, 0.25) is 0 Å². The van der Waals surface area contributed by atoms with E-state index in [1.165, 1.54) is 23.3 Å². The second-order valence-electron chi connectivity index (χ2n) is 18.5. The summed E-state index contributed by atoms with van der Waals surface area (Å²) in [5, 5.41) is 0. The van der Waals surface area contributed by atoms with Gasteiger partial charge in [-0.3, -0.25) is 9.97 Å². The lowest BCUT2D eigenvalue weighted by molar-refractivity contribution is 0.589. The monoisotopic (exact) mass is 818 g/mol. The van der Waals surface area contributed by atoms with Gasteiger partial charge in [-0.15, -0.1) is 0 Å². The molecule has 0 aliphatic carbocycles. The van der Waals surface area contributed by atoms with Gasteiger partial charge in [0.25, 0.3) is 0 Å². The normalized spacial score (nSPS) is 11.7. The van der Waals surface area contributed by atoms with Crippen LogP contribution >= 0.6 is 0 Å². The third kappa shape index (κ3) is 8.78. The molecule has 308 valence electrons. The van der Waals surface area contributed by atoms with Crippen LogP contribution in [0.5, 0.6) is 0 Å². The van der Waals surface area contributed by atoms with Crippen molar-refractivity contribution in [3.8, 4) is 89.3 Å². The summed E-state index contributed by atoms with van der Waals surface area (Å²) in [6.07, 6.45) is 3.82. The molecule has 0 aliphatic heterocycles. The van der Waals surface area contributed by atoms with Gasteiger partial charge in [-0.2, -0.15) is 0 Å². The zero-order valence-electron chi connectivity index (χ0n) is 36.8. The van der Waals surface area contributed by atoms with Crippen molar-refractivity contribution in [2.75, 3.05) is 0 Å². The van der Waals surface area contributed by atoms with E-state index in [0.29, 0.717) is 0 Å². The van der Waals surface area contributed by atoms with Crippen molar-refractivity contribution >= 4 is 0 Å². The molecule has 2 heterocycles. The van der Waals surface area contributed by atoms with E-state index in [0.717, 1.165) is 89.3 Å². The molecule has 0 bridgehead atoms. The standard InChI is InChI=1S/C60H51FN2/c1-59(2,3)48-31-33-62-57(38-48)43-23-19-40(20-24-43)51-13-7-10-16-54(51)45-35-46(37-47(36-45)56-18-12-9-15-53(56)42-27-29-50(61)30-28-42)55-17-11-8-14-52(55)41-21-25-44(26-22-41)58-39-49(32-34-63-58)60(4,5)6/h7-39H,1-6H3. The first kappa shape index (κ1) is 41.1. The minimum Gasteiger partial charge on any atom is -0.256 e. The van der Waals surface area contributed by atoms with Gasteiger partial charge >= 0.3 is 0 Å². The van der Waals surface area contributed by atoms with E-state index < -0.39 is 0 Å². The molecule has 7 aromatic carbocycles. The molecule has 0 aliphatic rings. The van der Waals surface area contributed by atoms with E-state index in [1.807, 2.05) is 24.5 Å². The molecule has 2 nitrogen and oxygen atoms in total. The Hall–Kier alpha value is -7.23. The molecule has 0 N–H and O–H groups in total. The predicted molar refractivity (Wildman–Crippen MR) is 263 cm³/mol. The highest BCUT2D eigenvalue weighted by atomic mass is 19.1. The number of benzene rings is 7. The number of nitrogens with zero attached hydrogens (tertiary/aromatic N) is 2. The SMILES string of the molecule is CC(C)(C)c1ccnc(-c2ccc(-c3ccccc3-c3cc(-c4ccccc4-c4ccc(F)cc4)cc(-c4ccccc4-c4ccc(-c5cc(C(C)(C)C)ccn5)cc4)c3)cc2)c1. The Morgan fingerprint density at radius 2 is 0.571 bits per heavy atom. The molecule has 0 spiro atoms. The molecule has 0 saturated heterocycles. The van der Waals surface area contributed by atoms with Crippen molar-refractivity contribution in [3.63, 3.8) is 0 Å². The average Bonchev–Trinajstić information content (AvgIpc) is 3.31. The lowest BCUT2D eigenvalue weighted by Gasteiger charge is -2.19. The Labute approximate surface area is 371 Å². The largest absolute Gasteiger partial charge is 0.256 e. The molecule has 0 amide bonds. The van der Waals surface area contributed by atoms with E-state index >= 15 is 0 Å². The van der Waals surface area contributed by atoms with Gasteiger partial charge in [0.2, 0.25) is 0 Å². The number of rotatable bonds is 8. The molecule has 0 radical (unpaired) electrons. The van der Waals surface area contributed by atoms with Gasteiger partial charge in [0.15, 0.2) is 0 Å². The summed E-state index contributed by atoms with van der Waals surface area (Å²) in [5.41, 5.74) is 19.9. The summed E-state index contributed by atoms with van der Waals surface area (Å²) < 4.78 is 14.2. The summed E-state index contributed by atoms with van der Waals surface area (Å²) in [6.45, 7) is 13.4. The third-order valence-electron chi connectivity index (χ3n) is 12.0. The van der Waals surface area contributed by atoms with E-state index in [9.17, 15) is 4.39 Å². The van der Waals surface area contributed by atoms with Crippen molar-refractivity contribution in [2.45, 2.75) is 52.4 Å². The average molecular weight is 819 g/mol. The molecule has 2 aromatic heterocycles. The molecule has 0 saturated carbocycles. The van der Waals surface area contributed by atoms with Crippen molar-refractivity contribution in [1.29, 1.82) is 0 Å². The Balaban J connectivity index is 1.17. The highest BCUT2D eigenvalue weighted by Crippen LogP contribution is 2.43. The fraction of sp³-hybridized carbons (Fsp3) is 0.133. The minimum atomic E-state index is -0.251. The number of aromatic nitrogens is 2. The van der Waals surface area contributed by atoms with Crippen LogP contribution < -0.4 is 0 Å². The first-order chi connectivity index (χ1) is 30.4. The zero-order chi connectivity index (χ0) is 43.7. The van der Waals surface area contributed by atoms with Crippen LogP contribution in [0.3, 0.4) is 0 Å². The quantitative estimate of drug-likeness (QED) is 0.153. The number of pyridine rings is 2. The van der Waals surface area contributed by atoms with E-state index in [1.54, 1.807) is 0 Å². The maximum absolute atomic E-state index is 14.2. The molecule has 63 heavy (non-hydrogen) atoms. The Bertz CT molecular complexity index is 2890. The first-order valence-electron chi connectivity index (χ1n) is 21.7. The smallest absolute Gasteiger partial charge is 0.123 e. The van der Waals surface area contributed by atoms with Crippen LogP contribution in [0.4, 0.5) is 4.39 Å². The lowest BCUT2D eigenvalue weighted by Crippen LogP contribution is -2.11. The van der Waals surface area contributed by atoms with Crippen molar-refractivity contribution in [1.82, 2.24) is 9.97 Å². The van der Waals surface area contributed by atoms with Gasteiger partial charge in [0, 0.05) is 23.5 Å². The highest BCUT2D eigenvalue weighted by Gasteiger charge is 2.19. The Morgan fingerprint density at radius 1 is 0.302 bits per heavy atom. The fourth-order valence-electron chi connectivity index (χ4n) is 8.43. The summed E-state index contributed by atoms with van der Waals surface area (Å²) in [4.78, 5) is 9.48. The van der Waals surface area contributed by atoms with Gasteiger partial charge in [0.05, 0.1) is 11.4 Å². The molecule has 9 aromatic rings. The van der Waals surface area contributed by atoms with Crippen LogP contribution in [-0.2, 0) is 10.8 Å². The molecule has 0 atom stereocenters. The number of hydrogen-bond donors (Lipinski definition) is 0. The molecule has 0 unspecified atom stereocenters. The summed E-state index contributed by atoms with van der Waals surface area (Å²) in [7, 11) is 0. The molecular formula is C60H51FN2. The third-order valence-corrected chi connectivity index (χ3v) is 12.0. The van der Waals surface area contributed by atoms with Crippen LogP contribution in [0.1, 0.15) is 52.7 Å². The number of halogens is 1. The highest BCUT2D eigenvalue weighted by molar-refractivity contribution is 5.94. The Morgan fingerprint density at radius 3 is 0.873 bits per heavy atom. The fourth-order valence-corrected chi connectivity index (χ4v) is 8.43. The Kier molecular flexibility index (Phi) is 11.0. The van der Waals surface area contributed by atoms with Crippen LogP contribution in [0, 0.1) is 5.82 Å². The first-order valence-corrected chi connectivity index (χ1v) is 21.7. The maximum Gasteiger partial charge on any atom is 0.123 e. The summed E-state index contributed by atoms with van der Waals surface area (Å²) in [5.74, 6) is -0.251. The van der Waals surface area contributed by atoms with Gasteiger partial charge in [0.1, 0.15) is 5.82 Å². The maximum atomic E-state index is 14.2. The summed E-state index contributed by atoms with van der Waals surface area (Å²) >= 11 is 0. The van der Waals surface area contributed by atoms with Crippen LogP contribution in [0.15, 0.2) is 200 Å².